The molecule has 2 N–H and O–H groups in total. The fraction of sp³-hybridized carbons (Fsp3) is 0.714. The van der Waals surface area contributed by atoms with Crippen molar-refractivity contribution in [1.82, 2.24) is 9.97 Å². The van der Waals surface area contributed by atoms with E-state index in [2.05, 4.69) is 16.9 Å². The Balaban J connectivity index is 1.95. The fourth-order valence-electron chi connectivity index (χ4n) is 2.77. The number of aromatic nitrogens is 2. The lowest BCUT2D eigenvalue weighted by Gasteiger charge is -2.26. The maximum Gasteiger partial charge on any atom is 0.221 e. The monoisotopic (exact) mass is 249 g/mol. The molecule has 0 aromatic carbocycles. The van der Waals surface area contributed by atoms with Crippen molar-refractivity contribution in [2.24, 2.45) is 11.8 Å². The van der Waals surface area contributed by atoms with E-state index in [1.165, 1.54) is 32.0 Å². The van der Waals surface area contributed by atoms with Crippen molar-refractivity contribution in [3.63, 3.8) is 0 Å². The van der Waals surface area contributed by atoms with Crippen LogP contribution in [0.2, 0.25) is 0 Å². The van der Waals surface area contributed by atoms with E-state index < -0.39 is 0 Å². The Bertz CT molecular complexity index is 395. The number of nitrogen functional groups attached to an aromatic ring is 1. The summed E-state index contributed by atoms with van der Waals surface area (Å²) in [5.74, 6) is 2.70. The Morgan fingerprint density at radius 2 is 2.22 bits per heavy atom. The number of hydrogen-bond acceptors (Lipinski definition) is 4. The van der Waals surface area contributed by atoms with E-state index in [1.807, 2.05) is 6.92 Å². The molecule has 1 aliphatic carbocycles. The van der Waals surface area contributed by atoms with Crippen LogP contribution in [0.5, 0.6) is 5.88 Å². The minimum Gasteiger partial charge on any atom is -0.477 e. The third kappa shape index (κ3) is 3.12. The van der Waals surface area contributed by atoms with E-state index >= 15 is 0 Å². The van der Waals surface area contributed by atoms with E-state index in [1.54, 1.807) is 0 Å². The maximum absolute atomic E-state index is 5.87. The second kappa shape index (κ2) is 6.03. The summed E-state index contributed by atoms with van der Waals surface area (Å²) in [6.07, 6.45) is 7.50. The first-order valence-electron chi connectivity index (χ1n) is 6.92. The zero-order chi connectivity index (χ0) is 13.0. The van der Waals surface area contributed by atoms with Gasteiger partial charge in [0.25, 0.3) is 0 Å². The number of hydrogen-bond donors (Lipinski definition) is 1. The number of anilines is 1. The predicted molar refractivity (Wildman–Crippen MR) is 72.4 cm³/mol. The average molecular weight is 249 g/mol. The molecular formula is C14H23N3O. The average Bonchev–Trinajstić information content (AvgIpc) is 2.36. The van der Waals surface area contributed by atoms with Gasteiger partial charge in [-0.1, -0.05) is 26.7 Å². The predicted octanol–water partition coefficient (Wildman–Crippen LogP) is 2.83. The molecule has 0 saturated heterocycles. The second-order valence-corrected chi connectivity index (χ2v) is 5.34. The number of ether oxygens (including phenoxy) is 1. The summed E-state index contributed by atoms with van der Waals surface area (Å²) >= 11 is 0. The molecule has 0 spiro atoms. The second-order valence-electron chi connectivity index (χ2n) is 5.34. The first kappa shape index (κ1) is 13.1. The molecule has 1 heterocycles. The molecule has 0 amide bonds. The lowest BCUT2D eigenvalue weighted by Crippen LogP contribution is -2.20. The Morgan fingerprint density at radius 1 is 1.39 bits per heavy atom. The van der Waals surface area contributed by atoms with E-state index in [-0.39, 0.29) is 0 Å². The fourth-order valence-corrected chi connectivity index (χ4v) is 2.77. The topological polar surface area (TPSA) is 61.0 Å². The first-order valence-corrected chi connectivity index (χ1v) is 6.92. The molecular weight excluding hydrogens is 226 g/mol. The Morgan fingerprint density at radius 3 is 2.94 bits per heavy atom. The molecule has 0 aliphatic heterocycles. The molecule has 100 valence electrons. The van der Waals surface area contributed by atoms with Crippen LogP contribution in [-0.2, 0) is 6.42 Å². The molecule has 1 aromatic rings. The quantitative estimate of drug-likeness (QED) is 0.891. The molecule has 2 atom stereocenters. The van der Waals surface area contributed by atoms with E-state index in [0.29, 0.717) is 17.6 Å². The highest BCUT2D eigenvalue weighted by Gasteiger charge is 2.20. The SMILES string of the molecule is CCc1c(N)ncnc1OCC1CCCC(C)C1. The van der Waals surface area contributed by atoms with Crippen LogP contribution in [0.15, 0.2) is 6.33 Å². The summed E-state index contributed by atoms with van der Waals surface area (Å²) in [6, 6.07) is 0. The molecule has 1 aliphatic rings. The molecule has 18 heavy (non-hydrogen) atoms. The smallest absolute Gasteiger partial charge is 0.221 e. The largest absolute Gasteiger partial charge is 0.477 e. The zero-order valence-electron chi connectivity index (χ0n) is 11.4. The van der Waals surface area contributed by atoms with Gasteiger partial charge in [0.05, 0.1) is 12.2 Å². The van der Waals surface area contributed by atoms with Crippen molar-refractivity contribution in [3.8, 4) is 5.88 Å². The van der Waals surface area contributed by atoms with Gasteiger partial charge in [-0.25, -0.2) is 9.97 Å². The third-order valence-corrected chi connectivity index (χ3v) is 3.79. The minimum absolute atomic E-state index is 0.541. The summed E-state index contributed by atoms with van der Waals surface area (Å²) in [4.78, 5) is 8.20. The van der Waals surface area contributed by atoms with Crippen LogP contribution in [0.3, 0.4) is 0 Å². The Labute approximate surface area is 109 Å². The van der Waals surface area contributed by atoms with Crippen LogP contribution >= 0.6 is 0 Å². The highest BCUT2D eigenvalue weighted by Crippen LogP contribution is 2.29. The van der Waals surface area contributed by atoms with Crippen LogP contribution in [0, 0.1) is 11.8 Å². The van der Waals surface area contributed by atoms with Crippen molar-refractivity contribution in [1.29, 1.82) is 0 Å². The van der Waals surface area contributed by atoms with Gasteiger partial charge in [0.2, 0.25) is 5.88 Å². The number of nitrogens with zero attached hydrogens (tertiary/aromatic N) is 2. The van der Waals surface area contributed by atoms with Crippen LogP contribution in [0.25, 0.3) is 0 Å². The van der Waals surface area contributed by atoms with Crippen LogP contribution in [-0.4, -0.2) is 16.6 Å². The third-order valence-electron chi connectivity index (χ3n) is 3.79. The molecule has 4 heteroatoms. The van der Waals surface area contributed by atoms with Crippen LogP contribution < -0.4 is 10.5 Å². The van der Waals surface area contributed by atoms with Gasteiger partial charge in [0.1, 0.15) is 12.1 Å². The lowest BCUT2D eigenvalue weighted by molar-refractivity contribution is 0.176. The standard InChI is InChI=1S/C14H23N3O/c1-3-12-13(15)16-9-17-14(12)18-8-11-6-4-5-10(2)7-11/h9-11H,3-8H2,1-2H3,(H2,15,16,17). The molecule has 2 rings (SSSR count). The molecule has 0 radical (unpaired) electrons. The summed E-state index contributed by atoms with van der Waals surface area (Å²) in [7, 11) is 0. The molecule has 0 bridgehead atoms. The van der Waals surface area contributed by atoms with Crippen molar-refractivity contribution in [2.75, 3.05) is 12.3 Å². The van der Waals surface area contributed by atoms with Gasteiger partial charge in [-0.2, -0.15) is 0 Å². The zero-order valence-corrected chi connectivity index (χ0v) is 11.4. The maximum atomic E-state index is 5.87. The van der Waals surface area contributed by atoms with Crippen molar-refractivity contribution in [2.45, 2.75) is 46.0 Å². The summed E-state index contributed by atoms with van der Waals surface area (Å²) in [5.41, 5.74) is 6.76. The molecule has 4 nitrogen and oxygen atoms in total. The van der Waals surface area contributed by atoms with E-state index in [0.717, 1.165) is 24.5 Å². The highest BCUT2D eigenvalue weighted by molar-refractivity contribution is 5.44. The van der Waals surface area contributed by atoms with Crippen LogP contribution in [0.1, 0.15) is 45.1 Å². The molecule has 1 fully saturated rings. The van der Waals surface area contributed by atoms with Gasteiger partial charge in [-0.15, -0.1) is 0 Å². The number of nitrogens with two attached hydrogens (primary N) is 1. The van der Waals surface area contributed by atoms with Gasteiger partial charge >= 0.3 is 0 Å². The van der Waals surface area contributed by atoms with Gasteiger partial charge < -0.3 is 10.5 Å². The molecule has 1 saturated carbocycles. The summed E-state index contributed by atoms with van der Waals surface area (Å²) in [6.45, 7) is 5.13. The van der Waals surface area contributed by atoms with Crippen LogP contribution in [0.4, 0.5) is 5.82 Å². The highest BCUT2D eigenvalue weighted by atomic mass is 16.5. The van der Waals surface area contributed by atoms with Gasteiger partial charge in [-0.05, 0) is 31.1 Å². The molecule has 2 unspecified atom stereocenters. The Kier molecular flexibility index (Phi) is 4.39. The molecule has 1 aromatic heterocycles. The Hall–Kier alpha value is -1.32. The van der Waals surface area contributed by atoms with Crippen molar-refractivity contribution >= 4 is 5.82 Å². The van der Waals surface area contributed by atoms with E-state index in [9.17, 15) is 0 Å². The van der Waals surface area contributed by atoms with Crippen molar-refractivity contribution < 1.29 is 4.74 Å². The summed E-state index contributed by atoms with van der Waals surface area (Å²) < 4.78 is 5.87. The summed E-state index contributed by atoms with van der Waals surface area (Å²) in [5, 5.41) is 0. The van der Waals surface area contributed by atoms with Gasteiger partial charge in [-0.3, -0.25) is 0 Å². The lowest BCUT2D eigenvalue weighted by atomic mass is 9.83. The first-order chi connectivity index (χ1) is 8.70. The minimum atomic E-state index is 0.541. The van der Waals surface area contributed by atoms with E-state index in [4.69, 9.17) is 10.5 Å². The number of rotatable bonds is 4. The van der Waals surface area contributed by atoms with Gasteiger partial charge in [0.15, 0.2) is 0 Å². The van der Waals surface area contributed by atoms with Gasteiger partial charge in [0, 0.05) is 0 Å². The normalized spacial score (nSPS) is 23.9. The van der Waals surface area contributed by atoms with Crippen molar-refractivity contribution in [3.05, 3.63) is 11.9 Å².